The second kappa shape index (κ2) is 16.2. The number of likely N-dealkylation sites (tertiary alicyclic amines) is 1. The van der Waals surface area contributed by atoms with Gasteiger partial charge in [-0.25, -0.2) is 4.79 Å². The fourth-order valence-corrected chi connectivity index (χ4v) is 6.43. The van der Waals surface area contributed by atoms with Crippen LogP contribution in [0.5, 0.6) is 0 Å². The Morgan fingerprint density at radius 2 is 1.46 bits per heavy atom. The van der Waals surface area contributed by atoms with Gasteiger partial charge in [-0.05, 0) is 34.9 Å². The third kappa shape index (κ3) is 8.64. The maximum Gasteiger partial charge on any atom is 0.408 e. The number of aliphatic hydroxyl groups is 1. The predicted molar refractivity (Wildman–Crippen MR) is 186 cm³/mol. The van der Waals surface area contributed by atoms with Crippen molar-refractivity contribution in [3.8, 4) is 0 Å². The Bertz CT molecular complexity index is 1730. The van der Waals surface area contributed by atoms with Crippen molar-refractivity contribution in [3.05, 3.63) is 143 Å². The molecule has 6 rings (SSSR count). The molecule has 3 amide bonds. The van der Waals surface area contributed by atoms with E-state index in [1.165, 1.54) is 5.56 Å². The van der Waals surface area contributed by atoms with E-state index in [0.717, 1.165) is 39.3 Å². The molecule has 0 saturated carbocycles. The first-order valence-electron chi connectivity index (χ1n) is 16.9. The van der Waals surface area contributed by atoms with Gasteiger partial charge >= 0.3 is 6.09 Å². The minimum Gasteiger partial charge on any atom is -0.445 e. The Labute approximate surface area is 292 Å². The van der Waals surface area contributed by atoms with Crippen molar-refractivity contribution < 1.29 is 33.7 Å². The summed E-state index contributed by atoms with van der Waals surface area (Å²) < 4.78 is 18.5. The zero-order valence-electron chi connectivity index (χ0n) is 28.3. The molecule has 2 aliphatic heterocycles. The van der Waals surface area contributed by atoms with E-state index < -0.39 is 24.3 Å². The summed E-state index contributed by atoms with van der Waals surface area (Å²) in [6, 6.07) is 33.9. The van der Waals surface area contributed by atoms with Gasteiger partial charge in [0.15, 0.2) is 6.29 Å². The van der Waals surface area contributed by atoms with E-state index in [1.54, 1.807) is 0 Å². The molecule has 2 fully saturated rings. The highest BCUT2D eigenvalue weighted by atomic mass is 16.7. The van der Waals surface area contributed by atoms with Gasteiger partial charge in [0.25, 0.3) is 5.91 Å². The number of amides is 3. The van der Waals surface area contributed by atoms with E-state index in [0.29, 0.717) is 6.54 Å². The monoisotopic (exact) mass is 677 g/mol. The normalized spacial score (nSPS) is 22.2. The number of aliphatic hydroxyl groups excluding tert-OH is 1. The van der Waals surface area contributed by atoms with Crippen LogP contribution < -0.4 is 5.32 Å². The number of nitrogens with one attached hydrogen (secondary N) is 1. The fourth-order valence-electron chi connectivity index (χ4n) is 6.43. The molecular formula is C40H43N3O7. The Morgan fingerprint density at radius 1 is 0.840 bits per heavy atom. The lowest BCUT2D eigenvalue weighted by molar-refractivity contribution is -0.276. The number of likely N-dealkylation sites (N-methyl/N-ethyl adjacent to an activating group) is 1. The Morgan fingerprint density at radius 3 is 2.12 bits per heavy atom. The molecule has 2 aliphatic rings. The second-order valence-corrected chi connectivity index (χ2v) is 13.0. The molecule has 4 aromatic rings. The number of benzene rings is 4. The van der Waals surface area contributed by atoms with Crippen LogP contribution in [0.2, 0.25) is 0 Å². The van der Waals surface area contributed by atoms with E-state index >= 15 is 0 Å². The van der Waals surface area contributed by atoms with Crippen LogP contribution in [0.1, 0.15) is 59.1 Å². The minimum atomic E-state index is -0.976. The zero-order valence-corrected chi connectivity index (χ0v) is 28.3. The SMILES string of the molecule is C[C@H]1[C@@H](CN(C)Cc2ccccc2)O[C@@H](c2ccc(CN3C(=O)CC(NC(=O)OCc4ccccc4)C3=O)cc2)O[C@H]1c1ccc(CO)cc1. The lowest BCUT2D eigenvalue weighted by Gasteiger charge is -2.42. The summed E-state index contributed by atoms with van der Waals surface area (Å²) in [4.78, 5) is 41.7. The lowest BCUT2D eigenvalue weighted by atomic mass is 9.90. The van der Waals surface area contributed by atoms with Crippen LogP contribution >= 0.6 is 0 Å². The van der Waals surface area contributed by atoms with Gasteiger partial charge in [-0.2, -0.15) is 0 Å². The number of rotatable bonds is 12. The minimum absolute atomic E-state index is 0.0283. The molecule has 10 nitrogen and oxygen atoms in total. The number of hydrogen-bond donors (Lipinski definition) is 2. The predicted octanol–water partition coefficient (Wildman–Crippen LogP) is 5.66. The maximum atomic E-state index is 13.1. The average Bonchev–Trinajstić information content (AvgIpc) is 3.39. The highest BCUT2D eigenvalue weighted by Gasteiger charge is 2.41. The van der Waals surface area contributed by atoms with Crippen LogP contribution in [-0.4, -0.2) is 58.6 Å². The summed E-state index contributed by atoms with van der Waals surface area (Å²) in [5.74, 6) is -0.799. The highest BCUT2D eigenvalue weighted by molar-refractivity contribution is 6.06. The topological polar surface area (TPSA) is 118 Å². The molecular weight excluding hydrogens is 634 g/mol. The van der Waals surface area contributed by atoms with Crippen molar-refractivity contribution in [2.75, 3.05) is 13.6 Å². The van der Waals surface area contributed by atoms with Gasteiger partial charge in [0.2, 0.25) is 5.91 Å². The number of carbonyl (C=O) groups excluding carboxylic acids is 3. The first-order chi connectivity index (χ1) is 24.3. The van der Waals surface area contributed by atoms with E-state index in [9.17, 15) is 19.5 Å². The largest absolute Gasteiger partial charge is 0.445 e. The van der Waals surface area contributed by atoms with Crippen molar-refractivity contribution in [3.63, 3.8) is 0 Å². The Hall–Kier alpha value is -4.87. The van der Waals surface area contributed by atoms with Crippen molar-refractivity contribution in [2.24, 2.45) is 5.92 Å². The Balaban J connectivity index is 1.11. The molecule has 0 aliphatic carbocycles. The van der Waals surface area contributed by atoms with E-state index in [-0.39, 0.29) is 50.2 Å². The second-order valence-electron chi connectivity index (χ2n) is 13.0. The van der Waals surface area contributed by atoms with Gasteiger partial charge < -0.3 is 24.6 Å². The Kier molecular flexibility index (Phi) is 11.3. The summed E-state index contributed by atoms with van der Waals surface area (Å²) in [6.07, 6.45) is -1.92. The maximum absolute atomic E-state index is 13.1. The quantitative estimate of drug-likeness (QED) is 0.185. The van der Waals surface area contributed by atoms with Crippen molar-refractivity contribution >= 4 is 17.9 Å². The average molecular weight is 678 g/mol. The third-order valence-electron chi connectivity index (χ3n) is 9.25. The lowest BCUT2D eigenvalue weighted by Crippen LogP contribution is -2.43. The van der Waals surface area contributed by atoms with Crippen molar-refractivity contribution in [2.45, 2.75) is 64.2 Å². The number of nitrogens with zero attached hydrogens (tertiary/aromatic N) is 2. The zero-order chi connectivity index (χ0) is 35.0. The first kappa shape index (κ1) is 35.0. The molecule has 1 unspecified atom stereocenters. The van der Waals surface area contributed by atoms with E-state index in [2.05, 4.69) is 36.3 Å². The van der Waals surface area contributed by atoms with Crippen LogP contribution in [0.25, 0.3) is 0 Å². The molecule has 260 valence electrons. The van der Waals surface area contributed by atoms with Gasteiger partial charge in [-0.1, -0.05) is 116 Å². The molecule has 50 heavy (non-hydrogen) atoms. The smallest absolute Gasteiger partial charge is 0.408 e. The van der Waals surface area contributed by atoms with Gasteiger partial charge in [-0.3, -0.25) is 19.4 Å². The summed E-state index contributed by atoms with van der Waals surface area (Å²) in [5, 5.41) is 12.1. The van der Waals surface area contributed by atoms with E-state index in [1.807, 2.05) is 97.1 Å². The van der Waals surface area contributed by atoms with Crippen LogP contribution in [0.15, 0.2) is 109 Å². The summed E-state index contributed by atoms with van der Waals surface area (Å²) in [6.45, 7) is 3.72. The highest BCUT2D eigenvalue weighted by Crippen LogP contribution is 2.42. The van der Waals surface area contributed by atoms with Crippen LogP contribution in [-0.2, 0) is 50.1 Å². The van der Waals surface area contributed by atoms with E-state index in [4.69, 9.17) is 14.2 Å². The molecule has 0 spiro atoms. The van der Waals surface area contributed by atoms with Crippen molar-refractivity contribution in [1.29, 1.82) is 0 Å². The molecule has 2 heterocycles. The van der Waals surface area contributed by atoms with Gasteiger partial charge in [-0.15, -0.1) is 0 Å². The van der Waals surface area contributed by atoms with Gasteiger partial charge in [0.1, 0.15) is 12.6 Å². The standard InChI is InChI=1S/C40H43N3O7/c1-27-35(24-42(2)22-28-9-5-3-6-10-28)49-39(50-37(27)32-17-15-30(25-44)16-18-32)33-19-13-29(14-20-33)23-43-36(45)21-34(38(43)46)41-40(47)48-26-31-11-7-4-8-12-31/h3-20,27,34-35,37,39,44H,21-26H2,1-2H3,(H,41,47)/t27-,34?,35+,37+,39+/m0/s1. The molecule has 5 atom stereocenters. The number of hydrogen-bond acceptors (Lipinski definition) is 8. The van der Waals surface area contributed by atoms with Gasteiger partial charge in [0, 0.05) is 24.6 Å². The number of carbonyl (C=O) groups is 3. The molecule has 0 bridgehead atoms. The molecule has 2 saturated heterocycles. The number of alkyl carbamates (subject to hydrolysis) is 1. The molecule has 0 radical (unpaired) electrons. The number of imide groups is 1. The van der Waals surface area contributed by atoms with Crippen LogP contribution in [0.4, 0.5) is 4.79 Å². The first-order valence-corrected chi connectivity index (χ1v) is 16.9. The summed E-state index contributed by atoms with van der Waals surface area (Å²) in [7, 11) is 2.09. The van der Waals surface area contributed by atoms with Gasteiger partial charge in [0.05, 0.1) is 31.8 Å². The molecule has 4 aromatic carbocycles. The molecule has 10 heteroatoms. The van der Waals surface area contributed by atoms with Crippen molar-refractivity contribution in [1.82, 2.24) is 15.1 Å². The third-order valence-corrected chi connectivity index (χ3v) is 9.25. The fraction of sp³-hybridized carbons (Fsp3) is 0.325. The van der Waals surface area contributed by atoms with Crippen LogP contribution in [0, 0.1) is 5.92 Å². The summed E-state index contributed by atoms with van der Waals surface area (Å²) >= 11 is 0. The summed E-state index contributed by atoms with van der Waals surface area (Å²) in [5.41, 5.74) is 5.44. The molecule has 2 N–H and O–H groups in total. The number of ether oxygens (including phenoxy) is 3. The molecule has 0 aromatic heterocycles. The van der Waals surface area contributed by atoms with Crippen LogP contribution in [0.3, 0.4) is 0 Å².